The first-order valence-electron chi connectivity index (χ1n) is 8.75. The maximum absolute atomic E-state index is 13.2. The maximum Gasteiger partial charge on any atom is 0.213 e. The van der Waals surface area contributed by atoms with Crippen molar-refractivity contribution in [3.63, 3.8) is 0 Å². The summed E-state index contributed by atoms with van der Waals surface area (Å²) in [5.41, 5.74) is 3.24. The zero-order valence-corrected chi connectivity index (χ0v) is 16.3. The van der Waals surface area contributed by atoms with Crippen LogP contribution in [0, 0.1) is 11.8 Å². The average Bonchev–Trinajstić information content (AvgIpc) is 2.66. The van der Waals surface area contributed by atoms with Crippen LogP contribution in [-0.2, 0) is 0 Å². The zero-order chi connectivity index (χ0) is 20.7. The van der Waals surface area contributed by atoms with Gasteiger partial charge in [-0.3, -0.25) is 0 Å². The van der Waals surface area contributed by atoms with E-state index in [4.69, 9.17) is 4.74 Å². The zero-order valence-electron chi connectivity index (χ0n) is 16.3. The number of allylic oxidation sites excluding steroid dienone is 8. The van der Waals surface area contributed by atoms with Crippen molar-refractivity contribution in [2.24, 2.45) is 0 Å². The molecule has 0 radical (unpaired) electrons. The second-order valence-electron chi connectivity index (χ2n) is 6.38. The second-order valence-corrected chi connectivity index (χ2v) is 6.38. The Balaban J connectivity index is 2.18. The van der Waals surface area contributed by atoms with E-state index < -0.39 is 5.95 Å². The molecule has 28 heavy (non-hydrogen) atoms. The number of nitrogens with zero attached hydrogens (tertiary/aromatic N) is 1. The van der Waals surface area contributed by atoms with Crippen LogP contribution in [0.25, 0.3) is 5.57 Å². The predicted octanol–water partition coefficient (Wildman–Crippen LogP) is 6.52. The van der Waals surface area contributed by atoms with Gasteiger partial charge in [-0.1, -0.05) is 18.2 Å². The summed E-state index contributed by atoms with van der Waals surface area (Å²) in [6.07, 6.45) is 6.84. The quantitative estimate of drug-likeness (QED) is 0.351. The Kier molecular flexibility index (Phi) is 7.27. The van der Waals surface area contributed by atoms with Crippen molar-refractivity contribution in [1.29, 1.82) is 0 Å². The van der Waals surface area contributed by atoms with Crippen LogP contribution in [0.2, 0.25) is 0 Å². The van der Waals surface area contributed by atoms with E-state index in [0.717, 1.165) is 16.7 Å². The minimum atomic E-state index is -0.560. The summed E-state index contributed by atoms with van der Waals surface area (Å²) in [5, 5.41) is 10.0. The van der Waals surface area contributed by atoms with Crippen molar-refractivity contribution in [3.8, 4) is 5.75 Å². The molecule has 0 saturated carbocycles. The van der Waals surface area contributed by atoms with E-state index in [0.29, 0.717) is 17.1 Å². The first-order valence-corrected chi connectivity index (χ1v) is 8.75. The molecule has 0 unspecified atom stereocenters. The number of aliphatic hydroxyl groups excluding tert-OH is 1. The fourth-order valence-electron chi connectivity index (χ4n) is 2.37. The molecular formula is C23H23F2NO2. The Morgan fingerprint density at radius 1 is 0.929 bits per heavy atom. The summed E-state index contributed by atoms with van der Waals surface area (Å²) in [7, 11) is 0. The molecule has 0 spiro atoms. The highest BCUT2D eigenvalue weighted by Crippen LogP contribution is 2.23. The number of halogens is 2. The van der Waals surface area contributed by atoms with Crippen LogP contribution < -0.4 is 4.74 Å². The van der Waals surface area contributed by atoms with E-state index in [-0.39, 0.29) is 11.6 Å². The van der Waals surface area contributed by atoms with E-state index in [1.807, 2.05) is 26.0 Å². The monoisotopic (exact) mass is 383 g/mol. The highest BCUT2D eigenvalue weighted by Gasteiger charge is 2.05. The largest absolute Gasteiger partial charge is 0.512 e. The van der Waals surface area contributed by atoms with Gasteiger partial charge in [0.05, 0.1) is 12.0 Å². The third kappa shape index (κ3) is 6.20. The summed E-state index contributed by atoms with van der Waals surface area (Å²) >= 11 is 0. The van der Waals surface area contributed by atoms with Gasteiger partial charge < -0.3 is 9.84 Å². The van der Waals surface area contributed by atoms with Gasteiger partial charge in [-0.15, -0.1) is 0 Å². The fraction of sp³-hybridized carbons (Fsp3) is 0.174. The first-order chi connectivity index (χ1) is 13.3. The van der Waals surface area contributed by atoms with Crippen LogP contribution >= 0.6 is 0 Å². The van der Waals surface area contributed by atoms with Gasteiger partial charge in [-0.05, 0) is 80.8 Å². The molecule has 146 valence electrons. The number of benzene rings is 1. The third-order valence-corrected chi connectivity index (χ3v) is 4.07. The topological polar surface area (TPSA) is 42.4 Å². The van der Waals surface area contributed by atoms with Gasteiger partial charge in [0.2, 0.25) is 5.95 Å². The van der Waals surface area contributed by atoms with Gasteiger partial charge >= 0.3 is 0 Å². The van der Waals surface area contributed by atoms with Crippen molar-refractivity contribution >= 4 is 5.57 Å². The number of ether oxygens (including phenoxy) is 1. The molecule has 2 aromatic rings. The molecule has 2 rings (SSSR count). The lowest BCUT2D eigenvalue weighted by molar-refractivity contribution is 0.417. The highest BCUT2D eigenvalue weighted by atomic mass is 19.1. The molecular weight excluding hydrogens is 360 g/mol. The Labute approximate surface area is 164 Å². The molecule has 0 atom stereocenters. The summed E-state index contributed by atoms with van der Waals surface area (Å²) in [4.78, 5) is 3.54. The number of pyridine rings is 1. The van der Waals surface area contributed by atoms with E-state index >= 15 is 0 Å². The smallest absolute Gasteiger partial charge is 0.213 e. The maximum atomic E-state index is 13.2. The molecule has 1 heterocycles. The number of aliphatic hydroxyl groups is 1. The van der Waals surface area contributed by atoms with Crippen LogP contribution in [0.1, 0.15) is 33.3 Å². The van der Waals surface area contributed by atoms with Crippen molar-refractivity contribution in [2.45, 2.75) is 27.7 Å². The molecule has 5 heteroatoms. The molecule has 0 aliphatic carbocycles. The van der Waals surface area contributed by atoms with Crippen LogP contribution in [-0.4, -0.2) is 10.1 Å². The molecule has 1 N–H and O–H groups in total. The SMILES string of the molecule is C\C(O)=C(/C=C(C)/C(C)=C/C=C(\C)Oc1ccc(F)nc1)c1ccc(F)cc1. The Morgan fingerprint density at radius 3 is 2.18 bits per heavy atom. The standard InChI is InChI=1S/C23H23F2NO2/c1-15(5-6-17(3)28-21-11-12-23(25)26-14-21)16(2)13-22(18(4)27)19-7-9-20(24)10-8-19/h5-14,27H,1-4H3/b15-5+,16-13+,17-6+,22-18-. The Bertz CT molecular complexity index is 934. The number of rotatable bonds is 6. The van der Waals surface area contributed by atoms with Crippen molar-refractivity contribution in [2.75, 3.05) is 0 Å². The second kappa shape index (κ2) is 9.65. The minimum Gasteiger partial charge on any atom is -0.512 e. The van der Waals surface area contributed by atoms with Crippen LogP contribution in [0.5, 0.6) is 5.75 Å². The fourth-order valence-corrected chi connectivity index (χ4v) is 2.37. The normalized spacial score (nSPS) is 14.0. The van der Waals surface area contributed by atoms with Crippen LogP contribution in [0.4, 0.5) is 8.78 Å². The van der Waals surface area contributed by atoms with Gasteiger partial charge in [-0.25, -0.2) is 9.37 Å². The predicted molar refractivity (Wildman–Crippen MR) is 108 cm³/mol. The number of hydrogen-bond donors (Lipinski definition) is 1. The lowest BCUT2D eigenvalue weighted by Crippen LogP contribution is -1.92. The molecule has 1 aromatic carbocycles. The first kappa shape index (κ1) is 21.1. The van der Waals surface area contributed by atoms with Crippen molar-refractivity contribution in [3.05, 3.63) is 101 Å². The Hall–Kier alpha value is -3.21. The van der Waals surface area contributed by atoms with E-state index in [2.05, 4.69) is 4.98 Å². The van der Waals surface area contributed by atoms with E-state index in [1.165, 1.54) is 30.5 Å². The van der Waals surface area contributed by atoms with Gasteiger partial charge in [0.25, 0.3) is 0 Å². The Morgan fingerprint density at radius 2 is 1.61 bits per heavy atom. The molecule has 0 bridgehead atoms. The summed E-state index contributed by atoms with van der Waals surface area (Å²) in [6.45, 7) is 7.24. The molecule has 0 amide bonds. The van der Waals surface area contributed by atoms with Crippen molar-refractivity contribution in [1.82, 2.24) is 4.98 Å². The molecule has 3 nitrogen and oxygen atoms in total. The minimum absolute atomic E-state index is 0.151. The molecule has 1 aromatic heterocycles. The molecule has 0 aliphatic heterocycles. The summed E-state index contributed by atoms with van der Waals surface area (Å²) in [5.74, 6) is 0.332. The van der Waals surface area contributed by atoms with Gasteiger partial charge in [0.15, 0.2) is 0 Å². The summed E-state index contributed by atoms with van der Waals surface area (Å²) < 4.78 is 31.6. The molecule has 0 saturated heterocycles. The third-order valence-electron chi connectivity index (χ3n) is 4.07. The van der Waals surface area contributed by atoms with E-state index in [9.17, 15) is 13.9 Å². The average molecular weight is 383 g/mol. The van der Waals surface area contributed by atoms with E-state index in [1.54, 1.807) is 32.1 Å². The van der Waals surface area contributed by atoms with Gasteiger partial charge in [0, 0.05) is 5.57 Å². The highest BCUT2D eigenvalue weighted by molar-refractivity contribution is 5.76. The number of hydrogen-bond acceptors (Lipinski definition) is 3. The van der Waals surface area contributed by atoms with Gasteiger partial charge in [-0.2, -0.15) is 4.39 Å². The molecule has 0 aliphatic rings. The summed E-state index contributed by atoms with van der Waals surface area (Å²) in [6, 6.07) is 8.71. The van der Waals surface area contributed by atoms with Gasteiger partial charge in [0.1, 0.15) is 17.3 Å². The van der Waals surface area contributed by atoms with Crippen molar-refractivity contribution < 1.29 is 18.6 Å². The lowest BCUT2D eigenvalue weighted by Gasteiger charge is -2.08. The van der Waals surface area contributed by atoms with Crippen LogP contribution in [0.3, 0.4) is 0 Å². The molecule has 0 fully saturated rings. The number of aromatic nitrogens is 1. The van der Waals surface area contributed by atoms with Crippen LogP contribution in [0.15, 0.2) is 83.5 Å². The lowest BCUT2D eigenvalue weighted by atomic mass is 9.99.